The molecule has 1 fully saturated rings. The van der Waals surface area contributed by atoms with E-state index < -0.39 is 28.9 Å². The summed E-state index contributed by atoms with van der Waals surface area (Å²) in [4.78, 5) is 27.6. The van der Waals surface area contributed by atoms with Crippen LogP contribution >= 0.6 is 0 Å². The molecule has 1 aliphatic heterocycles. The van der Waals surface area contributed by atoms with E-state index in [1.807, 2.05) is 30.3 Å². The van der Waals surface area contributed by atoms with Crippen LogP contribution in [-0.2, 0) is 11.2 Å². The summed E-state index contributed by atoms with van der Waals surface area (Å²) in [6.07, 6.45) is 0.270. The highest BCUT2D eigenvalue weighted by atomic mass is 19.2. The molecule has 2 aromatic carbocycles. The third-order valence-electron chi connectivity index (χ3n) is 4.38. The lowest BCUT2D eigenvalue weighted by molar-refractivity contribution is -0.131. The average molecular weight is 362 g/mol. The summed E-state index contributed by atoms with van der Waals surface area (Å²) < 4.78 is 40.1. The first kappa shape index (κ1) is 18.0. The van der Waals surface area contributed by atoms with Crippen molar-refractivity contribution in [2.45, 2.75) is 6.42 Å². The minimum absolute atomic E-state index is 0.0534. The van der Waals surface area contributed by atoms with E-state index in [1.165, 1.54) is 4.90 Å². The van der Waals surface area contributed by atoms with Gasteiger partial charge in [-0.2, -0.15) is 0 Å². The first-order valence-corrected chi connectivity index (χ1v) is 8.22. The van der Waals surface area contributed by atoms with Crippen molar-refractivity contribution in [3.63, 3.8) is 0 Å². The molecule has 2 amide bonds. The number of halogens is 3. The predicted octanol–water partition coefficient (Wildman–Crippen LogP) is 2.63. The van der Waals surface area contributed by atoms with Gasteiger partial charge in [0.15, 0.2) is 17.5 Å². The van der Waals surface area contributed by atoms with Crippen molar-refractivity contribution >= 4 is 11.8 Å². The molecule has 2 aromatic rings. The molecular weight excluding hydrogens is 345 g/mol. The highest BCUT2D eigenvalue weighted by Gasteiger charge is 2.27. The molecule has 0 aromatic heterocycles. The third kappa shape index (κ3) is 3.71. The molecular formula is C19H17F3N2O2. The summed E-state index contributed by atoms with van der Waals surface area (Å²) in [5, 5.41) is 0. The molecule has 1 saturated heterocycles. The molecule has 0 unspecified atom stereocenters. The number of benzene rings is 2. The maximum Gasteiger partial charge on any atom is 0.257 e. The van der Waals surface area contributed by atoms with Crippen LogP contribution in [0.2, 0.25) is 0 Å². The number of carbonyl (C=O) groups excluding carboxylic acids is 2. The fourth-order valence-electron chi connectivity index (χ4n) is 2.90. The zero-order valence-corrected chi connectivity index (χ0v) is 13.9. The third-order valence-corrected chi connectivity index (χ3v) is 4.38. The number of hydrogen-bond acceptors (Lipinski definition) is 2. The summed E-state index contributed by atoms with van der Waals surface area (Å²) in [6, 6.07) is 11.0. The zero-order chi connectivity index (χ0) is 18.7. The molecule has 1 heterocycles. The van der Waals surface area contributed by atoms with Crippen molar-refractivity contribution in [3.8, 4) is 0 Å². The van der Waals surface area contributed by atoms with Gasteiger partial charge in [-0.25, -0.2) is 13.2 Å². The maximum absolute atomic E-state index is 13.8. The molecule has 0 aliphatic carbocycles. The van der Waals surface area contributed by atoms with Gasteiger partial charge in [-0.05, 0) is 17.7 Å². The fraction of sp³-hybridized carbons (Fsp3) is 0.263. The molecule has 4 nitrogen and oxygen atoms in total. The van der Waals surface area contributed by atoms with Gasteiger partial charge in [-0.15, -0.1) is 0 Å². The zero-order valence-electron chi connectivity index (χ0n) is 13.9. The van der Waals surface area contributed by atoms with Crippen LogP contribution in [0.15, 0.2) is 42.5 Å². The van der Waals surface area contributed by atoms with Crippen LogP contribution < -0.4 is 0 Å². The van der Waals surface area contributed by atoms with Gasteiger partial charge < -0.3 is 9.80 Å². The number of piperazine rings is 1. The van der Waals surface area contributed by atoms with E-state index in [1.54, 1.807) is 4.90 Å². The summed E-state index contributed by atoms with van der Waals surface area (Å²) in [5.74, 6) is -5.25. The number of hydrogen-bond donors (Lipinski definition) is 0. The van der Waals surface area contributed by atoms with Crippen molar-refractivity contribution in [1.29, 1.82) is 0 Å². The average Bonchev–Trinajstić information content (AvgIpc) is 2.67. The first-order valence-electron chi connectivity index (χ1n) is 8.22. The van der Waals surface area contributed by atoms with Gasteiger partial charge in [-0.1, -0.05) is 30.3 Å². The van der Waals surface area contributed by atoms with Gasteiger partial charge in [0.05, 0.1) is 12.0 Å². The Labute approximate surface area is 148 Å². The summed E-state index contributed by atoms with van der Waals surface area (Å²) >= 11 is 0. The molecule has 0 N–H and O–H groups in total. The SMILES string of the molecule is O=C(Cc1ccccc1)N1CCN(C(=O)c2ccc(F)c(F)c2F)CC1. The van der Waals surface area contributed by atoms with Crippen LogP contribution in [0.25, 0.3) is 0 Å². The maximum atomic E-state index is 13.8. The standard InChI is InChI=1S/C19H17F3N2O2/c20-15-7-6-14(17(21)18(15)22)19(26)24-10-8-23(9-11-24)16(25)12-13-4-2-1-3-5-13/h1-7H,8-12H2. The Morgan fingerprint density at radius 3 is 2.08 bits per heavy atom. The van der Waals surface area contributed by atoms with Crippen LogP contribution in [0.3, 0.4) is 0 Å². The van der Waals surface area contributed by atoms with Crippen LogP contribution in [0, 0.1) is 17.5 Å². The summed E-state index contributed by atoms with van der Waals surface area (Å²) in [5.41, 5.74) is 0.396. The second-order valence-corrected chi connectivity index (χ2v) is 6.06. The quantitative estimate of drug-likeness (QED) is 0.788. The van der Waals surface area contributed by atoms with Crippen molar-refractivity contribution < 1.29 is 22.8 Å². The number of carbonyl (C=O) groups is 2. The molecule has 26 heavy (non-hydrogen) atoms. The van der Waals surface area contributed by atoms with E-state index in [2.05, 4.69) is 0 Å². The molecule has 7 heteroatoms. The fourth-order valence-corrected chi connectivity index (χ4v) is 2.90. The smallest absolute Gasteiger partial charge is 0.257 e. The Hall–Kier alpha value is -2.83. The normalized spacial score (nSPS) is 14.4. The first-order chi connectivity index (χ1) is 12.5. The van der Waals surface area contributed by atoms with Crippen molar-refractivity contribution in [3.05, 3.63) is 71.0 Å². The van der Waals surface area contributed by atoms with Crippen molar-refractivity contribution in [2.24, 2.45) is 0 Å². The summed E-state index contributed by atoms with van der Waals surface area (Å²) in [6.45, 7) is 1.03. The molecule has 0 bridgehead atoms. The number of amides is 2. The van der Waals surface area contributed by atoms with Crippen LogP contribution in [0.4, 0.5) is 13.2 Å². The largest absolute Gasteiger partial charge is 0.339 e. The lowest BCUT2D eigenvalue weighted by Gasteiger charge is -2.35. The van der Waals surface area contributed by atoms with Crippen molar-refractivity contribution in [1.82, 2.24) is 9.80 Å². The number of nitrogens with zero attached hydrogens (tertiary/aromatic N) is 2. The lowest BCUT2D eigenvalue weighted by Crippen LogP contribution is -2.51. The highest BCUT2D eigenvalue weighted by molar-refractivity contribution is 5.94. The Balaban J connectivity index is 1.61. The summed E-state index contributed by atoms with van der Waals surface area (Å²) in [7, 11) is 0. The minimum Gasteiger partial charge on any atom is -0.339 e. The molecule has 0 spiro atoms. The molecule has 0 saturated carbocycles. The van der Waals surface area contributed by atoms with E-state index in [9.17, 15) is 22.8 Å². The second kappa shape index (κ2) is 7.59. The van der Waals surface area contributed by atoms with Gasteiger partial charge >= 0.3 is 0 Å². The topological polar surface area (TPSA) is 40.6 Å². The lowest BCUT2D eigenvalue weighted by atomic mass is 10.1. The molecule has 0 atom stereocenters. The Bertz CT molecular complexity index is 819. The molecule has 1 aliphatic rings. The highest BCUT2D eigenvalue weighted by Crippen LogP contribution is 2.18. The van der Waals surface area contributed by atoms with Crippen LogP contribution in [0.1, 0.15) is 15.9 Å². The molecule has 0 radical (unpaired) electrons. The molecule has 3 rings (SSSR count). The Kier molecular flexibility index (Phi) is 5.25. The minimum atomic E-state index is -1.66. The van der Waals surface area contributed by atoms with E-state index in [4.69, 9.17) is 0 Å². The van der Waals surface area contributed by atoms with E-state index in [0.29, 0.717) is 13.1 Å². The van der Waals surface area contributed by atoms with Gasteiger partial charge in [-0.3, -0.25) is 9.59 Å². The molecule has 136 valence electrons. The van der Waals surface area contributed by atoms with E-state index >= 15 is 0 Å². The Morgan fingerprint density at radius 2 is 1.42 bits per heavy atom. The van der Waals surface area contributed by atoms with Crippen molar-refractivity contribution in [2.75, 3.05) is 26.2 Å². The van der Waals surface area contributed by atoms with E-state index in [0.717, 1.165) is 17.7 Å². The van der Waals surface area contributed by atoms with Crippen LogP contribution in [0.5, 0.6) is 0 Å². The van der Waals surface area contributed by atoms with Crippen LogP contribution in [-0.4, -0.2) is 47.8 Å². The Morgan fingerprint density at radius 1 is 0.808 bits per heavy atom. The predicted molar refractivity (Wildman–Crippen MR) is 88.9 cm³/mol. The van der Waals surface area contributed by atoms with Gasteiger partial charge in [0.1, 0.15) is 0 Å². The van der Waals surface area contributed by atoms with Gasteiger partial charge in [0.25, 0.3) is 5.91 Å². The van der Waals surface area contributed by atoms with Gasteiger partial charge in [0, 0.05) is 26.2 Å². The van der Waals surface area contributed by atoms with Gasteiger partial charge in [0.2, 0.25) is 5.91 Å². The monoisotopic (exact) mass is 362 g/mol. The van der Waals surface area contributed by atoms with E-state index in [-0.39, 0.29) is 25.4 Å². The second-order valence-electron chi connectivity index (χ2n) is 6.06. The number of rotatable bonds is 3.